The topological polar surface area (TPSA) is 65.6 Å². The summed E-state index contributed by atoms with van der Waals surface area (Å²) in [5.41, 5.74) is 6.38. The number of rotatable bonds is 4. The van der Waals surface area contributed by atoms with Crippen LogP contribution in [0.15, 0.2) is 90.0 Å². The fourth-order valence-corrected chi connectivity index (χ4v) is 4.29. The lowest BCUT2D eigenvalue weighted by Crippen LogP contribution is -2.21. The van der Waals surface area contributed by atoms with Crippen LogP contribution in [-0.2, 0) is 13.0 Å². The highest BCUT2D eigenvalue weighted by Gasteiger charge is 2.20. The Morgan fingerprint density at radius 2 is 1.45 bits per heavy atom. The molecule has 0 atom stereocenters. The smallest absolute Gasteiger partial charge is 0.265 e. The lowest BCUT2D eigenvalue weighted by Gasteiger charge is -2.08. The fraction of sp³-hybridized carbons (Fsp3) is 0.111. The van der Waals surface area contributed by atoms with Crippen molar-refractivity contribution in [2.24, 2.45) is 0 Å². The molecule has 0 spiro atoms. The van der Waals surface area contributed by atoms with E-state index in [0.717, 1.165) is 28.7 Å². The van der Waals surface area contributed by atoms with Crippen molar-refractivity contribution >= 4 is 33.2 Å². The van der Waals surface area contributed by atoms with Gasteiger partial charge >= 0.3 is 0 Å². The first-order valence-electron chi connectivity index (χ1n) is 11.0. The van der Waals surface area contributed by atoms with Crippen LogP contribution in [0.5, 0.6) is 0 Å². The lowest BCUT2D eigenvalue weighted by atomic mass is 10.1. The zero-order valence-electron chi connectivity index (χ0n) is 18.1. The molecule has 6 heteroatoms. The quantitative estimate of drug-likeness (QED) is 0.398. The lowest BCUT2D eigenvalue weighted by molar-refractivity contribution is 0.747. The van der Waals surface area contributed by atoms with Gasteiger partial charge in [0.15, 0.2) is 11.3 Å². The van der Waals surface area contributed by atoms with E-state index in [1.54, 1.807) is 10.9 Å². The van der Waals surface area contributed by atoms with Crippen LogP contribution < -0.4 is 5.56 Å². The maximum absolute atomic E-state index is 13.7. The van der Waals surface area contributed by atoms with Crippen molar-refractivity contribution in [3.05, 3.63) is 107 Å². The summed E-state index contributed by atoms with van der Waals surface area (Å²) in [6, 6.07) is 25.9. The highest BCUT2D eigenvalue weighted by Crippen LogP contribution is 2.28. The van der Waals surface area contributed by atoms with Crippen molar-refractivity contribution in [3.8, 4) is 5.69 Å². The Morgan fingerprint density at radius 3 is 2.18 bits per heavy atom. The number of nitrogens with zero attached hydrogens (tertiary/aromatic N) is 5. The summed E-state index contributed by atoms with van der Waals surface area (Å²) in [6.07, 6.45) is 2.58. The predicted octanol–water partition coefficient (Wildman–Crippen LogP) is 4.89. The van der Waals surface area contributed by atoms with Crippen molar-refractivity contribution in [2.75, 3.05) is 0 Å². The van der Waals surface area contributed by atoms with E-state index in [4.69, 9.17) is 15.0 Å². The first-order valence-corrected chi connectivity index (χ1v) is 11.0. The Hall–Kier alpha value is -4.32. The molecule has 0 radical (unpaired) electrons. The van der Waals surface area contributed by atoms with Gasteiger partial charge in [-0.05, 0) is 41.8 Å². The molecular weight excluding hydrogens is 410 g/mol. The van der Waals surface area contributed by atoms with Gasteiger partial charge < -0.3 is 0 Å². The van der Waals surface area contributed by atoms with Crippen molar-refractivity contribution in [3.63, 3.8) is 0 Å². The third-order valence-corrected chi connectivity index (χ3v) is 6.03. The summed E-state index contributed by atoms with van der Waals surface area (Å²) in [5, 5.41) is 0.487. The maximum atomic E-state index is 13.7. The van der Waals surface area contributed by atoms with E-state index in [-0.39, 0.29) is 5.56 Å². The zero-order chi connectivity index (χ0) is 22.4. The second-order valence-electron chi connectivity index (χ2n) is 8.10. The highest BCUT2D eigenvalue weighted by molar-refractivity contribution is 6.05. The molecule has 160 valence electrons. The molecule has 0 amide bonds. The third kappa shape index (κ3) is 3.19. The molecule has 3 aromatic carbocycles. The molecule has 0 saturated heterocycles. The van der Waals surface area contributed by atoms with Gasteiger partial charge in [0.05, 0.1) is 17.6 Å². The summed E-state index contributed by atoms with van der Waals surface area (Å²) >= 11 is 0. The van der Waals surface area contributed by atoms with Gasteiger partial charge in [-0.3, -0.25) is 13.9 Å². The fourth-order valence-electron chi connectivity index (χ4n) is 4.29. The Labute approximate surface area is 189 Å². The van der Waals surface area contributed by atoms with Gasteiger partial charge in [0.2, 0.25) is 0 Å². The molecule has 0 aliphatic heterocycles. The van der Waals surface area contributed by atoms with Crippen molar-refractivity contribution in [1.82, 2.24) is 24.1 Å². The van der Waals surface area contributed by atoms with E-state index in [1.165, 1.54) is 5.56 Å². The molecule has 6 nitrogen and oxygen atoms in total. The second-order valence-corrected chi connectivity index (χ2v) is 8.10. The number of fused-ring (bicyclic) bond motifs is 4. The minimum Gasteiger partial charge on any atom is -0.294 e. The summed E-state index contributed by atoms with van der Waals surface area (Å²) in [6.45, 7) is 2.57. The summed E-state index contributed by atoms with van der Waals surface area (Å²) in [5.74, 6) is 0. The van der Waals surface area contributed by atoms with Gasteiger partial charge in [-0.15, -0.1) is 0 Å². The van der Waals surface area contributed by atoms with Crippen LogP contribution in [0.4, 0.5) is 0 Å². The van der Waals surface area contributed by atoms with Crippen LogP contribution in [0, 0.1) is 0 Å². The molecule has 0 N–H and O–H groups in total. The van der Waals surface area contributed by atoms with E-state index in [0.29, 0.717) is 28.7 Å². The Morgan fingerprint density at radius 1 is 0.758 bits per heavy atom. The van der Waals surface area contributed by atoms with Crippen LogP contribution in [0.1, 0.15) is 18.1 Å². The molecule has 33 heavy (non-hydrogen) atoms. The molecule has 3 heterocycles. The normalized spacial score (nSPS) is 11.5. The van der Waals surface area contributed by atoms with E-state index in [2.05, 4.69) is 19.1 Å². The average Bonchev–Trinajstić information content (AvgIpc) is 3.18. The first kappa shape index (κ1) is 19.4. The Bertz CT molecular complexity index is 1680. The molecule has 3 aromatic heterocycles. The standard InChI is InChI=1S/C27H21N5O/c1-2-18-12-14-20(15-13-18)32-25-23(24-26(32)30-22-11-7-6-10-21(22)29-24)27(33)31(17-28-25)16-19-8-4-3-5-9-19/h3-15,17H,2,16H2,1H3. The van der Waals surface area contributed by atoms with Gasteiger partial charge in [0.1, 0.15) is 17.2 Å². The van der Waals surface area contributed by atoms with Gasteiger partial charge in [-0.25, -0.2) is 15.0 Å². The molecule has 0 saturated carbocycles. The maximum Gasteiger partial charge on any atom is 0.265 e. The van der Waals surface area contributed by atoms with Crippen LogP contribution in [0.3, 0.4) is 0 Å². The van der Waals surface area contributed by atoms with Gasteiger partial charge in [-0.1, -0.05) is 61.5 Å². The Kier molecular flexibility index (Phi) is 4.50. The summed E-state index contributed by atoms with van der Waals surface area (Å²) < 4.78 is 3.58. The number of hydrogen-bond acceptors (Lipinski definition) is 4. The largest absolute Gasteiger partial charge is 0.294 e. The monoisotopic (exact) mass is 431 g/mol. The molecule has 6 rings (SSSR count). The van der Waals surface area contributed by atoms with Crippen LogP contribution in [0.2, 0.25) is 0 Å². The van der Waals surface area contributed by atoms with Gasteiger partial charge in [0.25, 0.3) is 5.56 Å². The molecular formula is C27H21N5O. The number of para-hydroxylation sites is 2. The molecule has 0 fully saturated rings. The van der Waals surface area contributed by atoms with E-state index in [1.807, 2.05) is 71.3 Å². The number of aryl methyl sites for hydroxylation is 1. The average molecular weight is 431 g/mol. The molecule has 0 unspecified atom stereocenters. The molecule has 6 aromatic rings. The van der Waals surface area contributed by atoms with E-state index < -0.39 is 0 Å². The van der Waals surface area contributed by atoms with Crippen molar-refractivity contribution < 1.29 is 0 Å². The first-order chi connectivity index (χ1) is 16.2. The highest BCUT2D eigenvalue weighted by atomic mass is 16.1. The van der Waals surface area contributed by atoms with Crippen LogP contribution in [0.25, 0.3) is 38.9 Å². The molecule has 0 aliphatic rings. The Balaban J connectivity index is 1.67. The molecule has 0 bridgehead atoms. The predicted molar refractivity (Wildman–Crippen MR) is 131 cm³/mol. The second kappa shape index (κ2) is 7.67. The van der Waals surface area contributed by atoms with Crippen molar-refractivity contribution in [1.29, 1.82) is 0 Å². The summed E-state index contributed by atoms with van der Waals surface area (Å²) in [4.78, 5) is 28.2. The molecule has 0 aliphatic carbocycles. The van der Waals surface area contributed by atoms with E-state index >= 15 is 0 Å². The van der Waals surface area contributed by atoms with Gasteiger partial charge in [-0.2, -0.15) is 0 Å². The zero-order valence-corrected chi connectivity index (χ0v) is 18.1. The number of aromatic nitrogens is 5. The third-order valence-electron chi connectivity index (χ3n) is 6.03. The van der Waals surface area contributed by atoms with Crippen LogP contribution >= 0.6 is 0 Å². The summed E-state index contributed by atoms with van der Waals surface area (Å²) in [7, 11) is 0. The number of hydrogen-bond donors (Lipinski definition) is 0. The minimum absolute atomic E-state index is 0.123. The minimum atomic E-state index is -0.123. The van der Waals surface area contributed by atoms with Crippen molar-refractivity contribution in [2.45, 2.75) is 19.9 Å². The SMILES string of the molecule is CCc1ccc(-n2c3nc4ccccc4nc3c3c(=O)n(Cc4ccccc4)cnc32)cc1. The van der Waals surface area contributed by atoms with Gasteiger partial charge in [0, 0.05) is 5.69 Å². The van der Waals surface area contributed by atoms with E-state index in [9.17, 15) is 4.79 Å². The van der Waals surface area contributed by atoms with Crippen LogP contribution in [-0.4, -0.2) is 24.1 Å². The number of benzene rings is 3.